The Kier molecular flexibility index (Phi) is 5.73. The summed E-state index contributed by atoms with van der Waals surface area (Å²) in [5.41, 5.74) is 0.978. The Hall–Kier alpha value is -2.25. The van der Waals surface area contributed by atoms with Gasteiger partial charge in [-0.2, -0.15) is 4.72 Å². The minimum absolute atomic E-state index is 0.286. The van der Waals surface area contributed by atoms with Crippen LogP contribution in [0.2, 0.25) is 0 Å². The van der Waals surface area contributed by atoms with Gasteiger partial charge in [0.05, 0.1) is 30.7 Å². The van der Waals surface area contributed by atoms with E-state index < -0.39 is 10.0 Å². The van der Waals surface area contributed by atoms with Crippen LogP contribution in [0, 0.1) is 0 Å². The van der Waals surface area contributed by atoms with Gasteiger partial charge in [0.15, 0.2) is 0 Å². The van der Waals surface area contributed by atoms with Crippen LogP contribution in [0.4, 0.5) is 0 Å². The standard InChI is InChI=1S/C22H24N2O3S/c25-28(26,21-11-10-18-6-4-5-9-20(18)16-21)23-22(19-7-2-1-3-8-19)17-24-12-14-27-15-13-24/h1-11,16,22-23H,12-15,17H2/p+1/t22-/m0/s1. The van der Waals surface area contributed by atoms with E-state index in [0.717, 1.165) is 29.4 Å². The number of nitrogens with one attached hydrogen (secondary N) is 2. The van der Waals surface area contributed by atoms with E-state index >= 15 is 0 Å². The predicted octanol–water partition coefficient (Wildman–Crippen LogP) is 1.77. The van der Waals surface area contributed by atoms with Crippen LogP contribution in [0.1, 0.15) is 11.6 Å². The third kappa shape index (κ3) is 4.42. The summed E-state index contributed by atoms with van der Waals surface area (Å²) in [6, 6.07) is 22.6. The lowest BCUT2D eigenvalue weighted by Gasteiger charge is -2.28. The highest BCUT2D eigenvalue weighted by Gasteiger charge is 2.26. The zero-order valence-electron chi connectivity index (χ0n) is 15.7. The first-order chi connectivity index (χ1) is 13.6. The van der Waals surface area contributed by atoms with Gasteiger partial charge in [0.25, 0.3) is 0 Å². The van der Waals surface area contributed by atoms with Gasteiger partial charge in [0, 0.05) is 0 Å². The summed E-state index contributed by atoms with van der Waals surface area (Å²) >= 11 is 0. The molecular formula is C22H25N2O3S+. The van der Waals surface area contributed by atoms with E-state index in [2.05, 4.69) is 4.72 Å². The van der Waals surface area contributed by atoms with Crippen molar-refractivity contribution in [3.63, 3.8) is 0 Å². The van der Waals surface area contributed by atoms with Gasteiger partial charge in [0.2, 0.25) is 10.0 Å². The van der Waals surface area contributed by atoms with E-state index in [1.807, 2.05) is 60.7 Å². The van der Waals surface area contributed by atoms with Crippen LogP contribution < -0.4 is 9.62 Å². The van der Waals surface area contributed by atoms with Gasteiger partial charge in [-0.1, -0.05) is 60.7 Å². The molecule has 0 aromatic heterocycles. The highest BCUT2D eigenvalue weighted by atomic mass is 32.2. The minimum Gasteiger partial charge on any atom is -0.370 e. The Morgan fingerprint density at radius 1 is 0.893 bits per heavy atom. The normalized spacial score (nSPS) is 16.9. The fourth-order valence-electron chi connectivity index (χ4n) is 3.66. The fraction of sp³-hybridized carbons (Fsp3) is 0.273. The molecule has 0 amide bonds. The van der Waals surface area contributed by atoms with Crippen molar-refractivity contribution in [2.75, 3.05) is 32.8 Å². The van der Waals surface area contributed by atoms with E-state index in [1.54, 1.807) is 12.1 Å². The Morgan fingerprint density at radius 3 is 2.32 bits per heavy atom. The van der Waals surface area contributed by atoms with Crippen LogP contribution in [0.15, 0.2) is 77.7 Å². The molecule has 1 aliphatic rings. The molecule has 4 rings (SSSR count). The first-order valence-corrected chi connectivity index (χ1v) is 11.1. The zero-order chi connectivity index (χ0) is 19.4. The molecule has 0 bridgehead atoms. The Bertz CT molecular complexity index is 1030. The molecule has 1 fully saturated rings. The van der Waals surface area contributed by atoms with Gasteiger partial charge in [0.1, 0.15) is 13.1 Å². The van der Waals surface area contributed by atoms with Crippen molar-refractivity contribution in [1.29, 1.82) is 0 Å². The number of fused-ring (bicyclic) bond motifs is 1. The highest BCUT2D eigenvalue weighted by Crippen LogP contribution is 2.21. The quantitative estimate of drug-likeness (QED) is 0.667. The van der Waals surface area contributed by atoms with E-state index in [-0.39, 0.29) is 6.04 Å². The average molecular weight is 398 g/mol. The number of morpholine rings is 1. The van der Waals surface area contributed by atoms with Crippen LogP contribution in [-0.4, -0.2) is 41.3 Å². The van der Waals surface area contributed by atoms with Crippen LogP contribution >= 0.6 is 0 Å². The smallest absolute Gasteiger partial charge is 0.241 e. The van der Waals surface area contributed by atoms with E-state index in [4.69, 9.17) is 4.74 Å². The summed E-state index contributed by atoms with van der Waals surface area (Å²) in [7, 11) is -3.64. The third-order valence-corrected chi connectivity index (χ3v) is 6.69. The van der Waals surface area contributed by atoms with Crippen molar-refractivity contribution < 1.29 is 18.1 Å². The molecule has 1 heterocycles. The first kappa shape index (κ1) is 19.1. The lowest BCUT2D eigenvalue weighted by Crippen LogP contribution is -3.14. The maximum absolute atomic E-state index is 13.2. The lowest BCUT2D eigenvalue weighted by atomic mass is 10.1. The van der Waals surface area contributed by atoms with Crippen molar-refractivity contribution in [3.8, 4) is 0 Å². The SMILES string of the molecule is O=S(=O)(N[C@@H](C[NH+]1CCOCC1)c1ccccc1)c1ccc2ccccc2c1. The molecule has 146 valence electrons. The lowest BCUT2D eigenvalue weighted by molar-refractivity contribution is -0.909. The molecule has 0 radical (unpaired) electrons. The monoisotopic (exact) mass is 397 g/mol. The topological polar surface area (TPSA) is 59.8 Å². The maximum atomic E-state index is 13.2. The van der Waals surface area contributed by atoms with Gasteiger partial charge in [-0.3, -0.25) is 0 Å². The van der Waals surface area contributed by atoms with Gasteiger partial charge in [-0.05, 0) is 28.5 Å². The summed E-state index contributed by atoms with van der Waals surface area (Å²) in [6.07, 6.45) is 0. The van der Waals surface area contributed by atoms with Crippen molar-refractivity contribution in [2.45, 2.75) is 10.9 Å². The number of hydrogen-bond donors (Lipinski definition) is 2. The molecule has 0 aliphatic carbocycles. The Balaban J connectivity index is 1.61. The second-order valence-electron chi connectivity index (χ2n) is 7.16. The molecule has 0 spiro atoms. The van der Waals surface area contributed by atoms with E-state index in [9.17, 15) is 8.42 Å². The summed E-state index contributed by atoms with van der Waals surface area (Å²) in [4.78, 5) is 1.64. The summed E-state index contributed by atoms with van der Waals surface area (Å²) in [6.45, 7) is 3.91. The second-order valence-corrected chi connectivity index (χ2v) is 8.87. The number of ether oxygens (including phenoxy) is 1. The van der Waals surface area contributed by atoms with Crippen LogP contribution in [0.5, 0.6) is 0 Å². The van der Waals surface area contributed by atoms with Gasteiger partial charge in [-0.15, -0.1) is 0 Å². The molecule has 0 unspecified atom stereocenters. The van der Waals surface area contributed by atoms with Crippen LogP contribution in [-0.2, 0) is 14.8 Å². The average Bonchev–Trinajstić information content (AvgIpc) is 2.74. The molecule has 1 saturated heterocycles. The Labute approximate surface area is 166 Å². The molecule has 28 heavy (non-hydrogen) atoms. The number of rotatable bonds is 6. The zero-order valence-corrected chi connectivity index (χ0v) is 16.5. The number of sulfonamides is 1. The second kappa shape index (κ2) is 8.41. The largest absolute Gasteiger partial charge is 0.370 e. The fourth-order valence-corrected chi connectivity index (χ4v) is 4.92. The molecule has 5 nitrogen and oxygen atoms in total. The van der Waals surface area contributed by atoms with E-state index in [1.165, 1.54) is 4.90 Å². The molecule has 3 aromatic rings. The van der Waals surface area contributed by atoms with Crippen molar-refractivity contribution in [1.82, 2.24) is 4.72 Å². The molecule has 2 N–H and O–H groups in total. The molecule has 1 atom stereocenters. The van der Waals surface area contributed by atoms with Gasteiger partial charge < -0.3 is 9.64 Å². The van der Waals surface area contributed by atoms with Crippen LogP contribution in [0.25, 0.3) is 10.8 Å². The number of benzene rings is 3. The van der Waals surface area contributed by atoms with Gasteiger partial charge in [-0.25, -0.2) is 8.42 Å². The highest BCUT2D eigenvalue weighted by molar-refractivity contribution is 7.89. The molecule has 1 aliphatic heterocycles. The number of hydrogen-bond acceptors (Lipinski definition) is 3. The number of quaternary nitrogens is 1. The van der Waals surface area contributed by atoms with Crippen molar-refractivity contribution >= 4 is 20.8 Å². The van der Waals surface area contributed by atoms with E-state index in [0.29, 0.717) is 24.7 Å². The van der Waals surface area contributed by atoms with Crippen molar-refractivity contribution in [3.05, 3.63) is 78.4 Å². The summed E-state index contributed by atoms with van der Waals surface area (Å²) in [5.74, 6) is 0. The van der Waals surface area contributed by atoms with Gasteiger partial charge >= 0.3 is 0 Å². The molecule has 0 saturated carbocycles. The molecule has 3 aromatic carbocycles. The maximum Gasteiger partial charge on any atom is 0.241 e. The molecule has 6 heteroatoms. The minimum atomic E-state index is -3.64. The van der Waals surface area contributed by atoms with Crippen LogP contribution in [0.3, 0.4) is 0 Å². The molecular weight excluding hydrogens is 372 g/mol. The third-order valence-electron chi connectivity index (χ3n) is 5.22. The Morgan fingerprint density at radius 2 is 1.57 bits per heavy atom. The summed E-state index contributed by atoms with van der Waals surface area (Å²) < 4.78 is 34.7. The van der Waals surface area contributed by atoms with Crippen molar-refractivity contribution in [2.24, 2.45) is 0 Å². The first-order valence-electron chi connectivity index (χ1n) is 9.59. The predicted molar refractivity (Wildman–Crippen MR) is 110 cm³/mol. The summed E-state index contributed by atoms with van der Waals surface area (Å²) in [5, 5.41) is 1.94.